The van der Waals surface area contributed by atoms with E-state index in [0.717, 1.165) is 17.4 Å². The minimum absolute atomic E-state index is 0.348. The molecule has 2 aromatic rings. The largest absolute Gasteiger partial charge is 0.478 e. The molecule has 1 aromatic carbocycles. The van der Waals surface area contributed by atoms with Crippen LogP contribution in [0.15, 0.2) is 24.4 Å². The van der Waals surface area contributed by atoms with Crippen LogP contribution in [0.3, 0.4) is 0 Å². The highest BCUT2D eigenvalue weighted by Gasteiger charge is 2.12. The van der Waals surface area contributed by atoms with Gasteiger partial charge in [0.25, 0.3) is 0 Å². The summed E-state index contributed by atoms with van der Waals surface area (Å²) in [6.07, 6.45) is 2.13. The Labute approximate surface area is 101 Å². The zero-order valence-electron chi connectivity index (χ0n) is 10.4. The zero-order valence-corrected chi connectivity index (χ0v) is 10.4. The van der Waals surface area contributed by atoms with Crippen molar-refractivity contribution in [3.8, 4) is 0 Å². The van der Waals surface area contributed by atoms with Crippen molar-refractivity contribution in [2.24, 2.45) is 0 Å². The molecule has 0 amide bonds. The molecule has 0 bridgehead atoms. The lowest BCUT2D eigenvalue weighted by Gasteiger charge is -2.02. The topological polar surface area (TPSA) is 42.2 Å². The lowest BCUT2D eigenvalue weighted by atomic mass is 10.0. The average molecular weight is 231 g/mol. The molecule has 90 valence electrons. The smallest absolute Gasteiger partial charge is 0.335 e. The molecule has 0 saturated carbocycles. The Morgan fingerprint density at radius 2 is 2.12 bits per heavy atom. The fraction of sp³-hybridized carbons (Fsp3) is 0.357. The molecule has 2 rings (SSSR count). The second kappa shape index (κ2) is 4.24. The van der Waals surface area contributed by atoms with Crippen molar-refractivity contribution in [3.63, 3.8) is 0 Å². The van der Waals surface area contributed by atoms with E-state index < -0.39 is 5.97 Å². The Kier molecular flexibility index (Phi) is 2.92. The predicted molar refractivity (Wildman–Crippen MR) is 68.7 cm³/mol. The Morgan fingerprint density at radius 1 is 1.41 bits per heavy atom. The first-order valence-electron chi connectivity index (χ1n) is 5.90. The van der Waals surface area contributed by atoms with Crippen molar-refractivity contribution in [2.45, 2.75) is 33.2 Å². The number of fused-ring (bicyclic) bond motifs is 1. The minimum Gasteiger partial charge on any atom is -0.478 e. The third-order valence-electron chi connectivity index (χ3n) is 3.12. The van der Waals surface area contributed by atoms with E-state index in [-0.39, 0.29) is 0 Å². The number of hydrogen-bond acceptors (Lipinski definition) is 1. The number of carboxylic acids is 1. The van der Waals surface area contributed by atoms with Crippen molar-refractivity contribution in [3.05, 3.63) is 35.5 Å². The van der Waals surface area contributed by atoms with E-state index in [1.807, 2.05) is 6.07 Å². The summed E-state index contributed by atoms with van der Waals surface area (Å²) < 4.78 is 2.11. The quantitative estimate of drug-likeness (QED) is 0.878. The number of benzene rings is 1. The fourth-order valence-electron chi connectivity index (χ4n) is 2.18. The van der Waals surface area contributed by atoms with Crippen LogP contribution in [-0.2, 0) is 6.54 Å². The van der Waals surface area contributed by atoms with Crippen LogP contribution in [0.2, 0.25) is 0 Å². The molecule has 17 heavy (non-hydrogen) atoms. The maximum absolute atomic E-state index is 11.0. The number of hydrogen-bond donors (Lipinski definition) is 1. The second-order valence-corrected chi connectivity index (χ2v) is 4.56. The third-order valence-corrected chi connectivity index (χ3v) is 3.12. The van der Waals surface area contributed by atoms with Gasteiger partial charge in [0.1, 0.15) is 0 Å². The summed E-state index contributed by atoms with van der Waals surface area (Å²) in [6, 6.07) is 5.35. The molecule has 0 aliphatic rings. The molecule has 3 heteroatoms. The average Bonchev–Trinajstić information content (AvgIpc) is 2.66. The van der Waals surface area contributed by atoms with E-state index in [1.54, 1.807) is 12.1 Å². The van der Waals surface area contributed by atoms with Crippen LogP contribution in [0.5, 0.6) is 0 Å². The van der Waals surface area contributed by atoms with Crippen LogP contribution < -0.4 is 0 Å². The molecule has 0 spiro atoms. The molecule has 3 nitrogen and oxygen atoms in total. The second-order valence-electron chi connectivity index (χ2n) is 4.56. The molecule has 0 saturated heterocycles. The van der Waals surface area contributed by atoms with Gasteiger partial charge in [-0.3, -0.25) is 0 Å². The molecule has 0 unspecified atom stereocenters. The standard InChI is InChI=1S/C14H17NO2/c1-4-15-8-12(9(2)3)11-6-5-10(14(16)17)7-13(11)15/h5-9H,4H2,1-3H3,(H,16,17). The number of carboxylic acid groups (broad SMARTS) is 1. The maximum Gasteiger partial charge on any atom is 0.335 e. The highest BCUT2D eigenvalue weighted by Crippen LogP contribution is 2.28. The Morgan fingerprint density at radius 3 is 2.65 bits per heavy atom. The van der Waals surface area contributed by atoms with E-state index >= 15 is 0 Å². The van der Waals surface area contributed by atoms with E-state index in [9.17, 15) is 4.79 Å². The lowest BCUT2D eigenvalue weighted by molar-refractivity contribution is 0.0697. The molecule has 1 heterocycles. The van der Waals surface area contributed by atoms with Gasteiger partial charge in [0, 0.05) is 23.6 Å². The summed E-state index contributed by atoms with van der Waals surface area (Å²) in [6.45, 7) is 7.23. The Hall–Kier alpha value is -1.77. The first-order chi connectivity index (χ1) is 8.04. The lowest BCUT2D eigenvalue weighted by Crippen LogP contribution is -1.97. The van der Waals surface area contributed by atoms with Crippen LogP contribution in [-0.4, -0.2) is 15.6 Å². The molecule has 1 N–H and O–H groups in total. The molecule has 0 radical (unpaired) electrons. The predicted octanol–water partition coefficient (Wildman–Crippen LogP) is 3.48. The van der Waals surface area contributed by atoms with Gasteiger partial charge in [-0.05, 0) is 30.5 Å². The molecule has 0 atom stereocenters. The summed E-state index contributed by atoms with van der Waals surface area (Å²) in [5, 5.41) is 10.2. The summed E-state index contributed by atoms with van der Waals surface area (Å²) in [5.41, 5.74) is 2.63. The number of nitrogens with zero attached hydrogens (tertiary/aromatic N) is 1. The van der Waals surface area contributed by atoms with Crippen molar-refractivity contribution in [2.75, 3.05) is 0 Å². The molecule has 1 aromatic heterocycles. The minimum atomic E-state index is -0.873. The van der Waals surface area contributed by atoms with Gasteiger partial charge < -0.3 is 9.67 Å². The molecule has 0 aliphatic carbocycles. The van der Waals surface area contributed by atoms with Gasteiger partial charge in [-0.1, -0.05) is 19.9 Å². The van der Waals surface area contributed by atoms with Crippen molar-refractivity contribution in [1.82, 2.24) is 4.57 Å². The Balaban J connectivity index is 2.72. The number of rotatable bonds is 3. The van der Waals surface area contributed by atoms with Crippen molar-refractivity contribution in [1.29, 1.82) is 0 Å². The van der Waals surface area contributed by atoms with Crippen LogP contribution in [0.1, 0.15) is 42.6 Å². The van der Waals surface area contributed by atoms with Crippen LogP contribution in [0, 0.1) is 0 Å². The van der Waals surface area contributed by atoms with Crippen LogP contribution >= 0.6 is 0 Å². The van der Waals surface area contributed by atoms with Crippen LogP contribution in [0.25, 0.3) is 10.9 Å². The highest BCUT2D eigenvalue weighted by molar-refractivity contribution is 5.94. The van der Waals surface area contributed by atoms with E-state index in [2.05, 4.69) is 31.5 Å². The zero-order chi connectivity index (χ0) is 12.6. The number of aryl methyl sites for hydroxylation is 1. The monoisotopic (exact) mass is 231 g/mol. The van der Waals surface area contributed by atoms with Crippen LogP contribution in [0.4, 0.5) is 0 Å². The normalized spacial score (nSPS) is 11.3. The van der Waals surface area contributed by atoms with Crippen molar-refractivity contribution >= 4 is 16.9 Å². The molecule has 0 fully saturated rings. The van der Waals surface area contributed by atoms with Gasteiger partial charge in [0.15, 0.2) is 0 Å². The SMILES string of the molecule is CCn1cc(C(C)C)c2ccc(C(=O)O)cc21. The first-order valence-corrected chi connectivity index (χ1v) is 5.90. The van der Waals surface area contributed by atoms with Crippen molar-refractivity contribution < 1.29 is 9.90 Å². The van der Waals surface area contributed by atoms with E-state index in [0.29, 0.717) is 11.5 Å². The summed E-state index contributed by atoms with van der Waals surface area (Å²) in [5.74, 6) is -0.428. The van der Waals surface area contributed by atoms with Gasteiger partial charge in [0.2, 0.25) is 0 Å². The molecular formula is C14H17NO2. The summed E-state index contributed by atoms with van der Waals surface area (Å²) >= 11 is 0. The molecular weight excluding hydrogens is 214 g/mol. The summed E-state index contributed by atoms with van der Waals surface area (Å²) in [4.78, 5) is 11.0. The van der Waals surface area contributed by atoms with E-state index in [4.69, 9.17) is 5.11 Å². The fourth-order valence-corrected chi connectivity index (χ4v) is 2.18. The van der Waals surface area contributed by atoms with Gasteiger partial charge in [-0.25, -0.2) is 4.79 Å². The molecule has 0 aliphatic heterocycles. The highest BCUT2D eigenvalue weighted by atomic mass is 16.4. The Bertz CT molecular complexity index is 567. The third kappa shape index (κ3) is 1.93. The van der Waals surface area contributed by atoms with Gasteiger partial charge in [-0.15, -0.1) is 0 Å². The summed E-state index contributed by atoms with van der Waals surface area (Å²) in [7, 11) is 0. The number of carbonyl (C=O) groups is 1. The number of aromatic carboxylic acids is 1. The van der Waals surface area contributed by atoms with Gasteiger partial charge in [0.05, 0.1) is 5.56 Å². The van der Waals surface area contributed by atoms with Gasteiger partial charge >= 0.3 is 5.97 Å². The maximum atomic E-state index is 11.0. The van der Waals surface area contributed by atoms with E-state index in [1.165, 1.54) is 5.56 Å². The first kappa shape index (κ1) is 11.7. The number of aromatic nitrogens is 1. The van der Waals surface area contributed by atoms with Gasteiger partial charge in [-0.2, -0.15) is 0 Å².